The van der Waals surface area contributed by atoms with E-state index in [0.717, 1.165) is 12.4 Å². The van der Waals surface area contributed by atoms with E-state index in [4.69, 9.17) is 14.3 Å². The molecule has 0 aromatic carbocycles. The Balaban J connectivity index is 1.76. The zero-order valence-electron chi connectivity index (χ0n) is 22.7. The first-order chi connectivity index (χ1) is 17.5. The van der Waals surface area contributed by atoms with Crippen molar-refractivity contribution in [3.05, 3.63) is 18.0 Å². The van der Waals surface area contributed by atoms with Crippen LogP contribution >= 0.6 is 0 Å². The Morgan fingerprint density at radius 3 is 2.39 bits per heavy atom. The Bertz CT molecular complexity index is 989. The maximum atomic E-state index is 13.3. The zero-order valence-corrected chi connectivity index (χ0v) is 23.7. The van der Waals surface area contributed by atoms with E-state index in [9.17, 15) is 22.8 Å². The highest BCUT2D eigenvalue weighted by molar-refractivity contribution is 6.74. The van der Waals surface area contributed by atoms with E-state index in [1.165, 1.54) is 0 Å². The van der Waals surface area contributed by atoms with Crippen LogP contribution in [0.2, 0.25) is 18.1 Å². The molecule has 2 N–H and O–H groups in total. The van der Waals surface area contributed by atoms with Gasteiger partial charge in [-0.15, -0.1) is 0 Å². The Kier molecular flexibility index (Phi) is 8.98. The van der Waals surface area contributed by atoms with Crippen molar-refractivity contribution in [1.82, 2.24) is 20.2 Å². The lowest BCUT2D eigenvalue weighted by Crippen LogP contribution is -2.60. The molecule has 38 heavy (non-hydrogen) atoms. The van der Waals surface area contributed by atoms with Gasteiger partial charge in [-0.2, -0.15) is 13.2 Å². The number of amides is 2. The second-order valence-corrected chi connectivity index (χ2v) is 16.2. The van der Waals surface area contributed by atoms with Gasteiger partial charge >= 0.3 is 12.3 Å². The highest BCUT2D eigenvalue weighted by atomic mass is 28.4. The molecule has 0 saturated carbocycles. The lowest BCUT2D eigenvalue weighted by molar-refractivity contribution is -0.141. The number of hydrogen-bond donors (Lipinski definition) is 2. The first-order valence-corrected chi connectivity index (χ1v) is 15.6. The monoisotopic (exact) mass is 561 g/mol. The molecule has 0 aliphatic carbocycles. The summed E-state index contributed by atoms with van der Waals surface area (Å²) < 4.78 is 51.5. The van der Waals surface area contributed by atoms with Crippen molar-refractivity contribution in [3.63, 3.8) is 0 Å². The molecule has 1 aromatic rings. The predicted molar refractivity (Wildman–Crippen MR) is 136 cm³/mol. The average molecular weight is 562 g/mol. The number of piperidine rings is 1. The zero-order chi connectivity index (χ0) is 28.5. The van der Waals surface area contributed by atoms with Gasteiger partial charge in [-0.1, -0.05) is 20.8 Å². The molecule has 2 fully saturated rings. The molecule has 1 unspecified atom stereocenters. The molecule has 0 bridgehead atoms. The molecule has 2 aliphatic rings. The van der Waals surface area contributed by atoms with E-state index in [1.807, 2.05) is 4.90 Å². The minimum atomic E-state index is -4.52. The van der Waals surface area contributed by atoms with Crippen LogP contribution in [0.5, 0.6) is 0 Å². The second kappa shape index (κ2) is 11.3. The summed E-state index contributed by atoms with van der Waals surface area (Å²) in [6.45, 7) is 13.6. The SMILES string of the molecule is CC(CO[C@@H]1CCN([C@@H]2CCN(c3ncc(C(F)(F)F)cn3)C[C@H]2O[Si](C)(C)C(C)(C)C)C1=O)NC(=O)O. The number of carbonyl (C=O) groups is 2. The van der Waals surface area contributed by atoms with E-state index in [-0.39, 0.29) is 29.5 Å². The molecule has 4 atom stereocenters. The lowest BCUT2D eigenvalue weighted by atomic mass is 10.0. The summed E-state index contributed by atoms with van der Waals surface area (Å²) in [5, 5.41) is 11.1. The highest BCUT2D eigenvalue weighted by Gasteiger charge is 2.47. The Morgan fingerprint density at radius 1 is 1.21 bits per heavy atom. The van der Waals surface area contributed by atoms with Gasteiger partial charge in [-0.05, 0) is 31.5 Å². The van der Waals surface area contributed by atoms with E-state index < -0.39 is 44.4 Å². The Hall–Kier alpha value is -2.45. The fraction of sp³-hybridized carbons (Fsp3) is 0.750. The minimum absolute atomic E-state index is 0.0736. The number of alkyl halides is 3. The van der Waals surface area contributed by atoms with E-state index in [1.54, 1.807) is 11.8 Å². The van der Waals surface area contributed by atoms with E-state index >= 15 is 0 Å². The standard InChI is InChI=1S/C24H38F3N5O5Si/c1-15(30-22(34)35)14-36-18-8-10-32(20(18)33)17-7-9-31(13-19(17)37-38(5,6)23(2,3)4)21-28-11-16(12-29-21)24(25,26)27/h11-12,15,17-19,30H,7-10,13-14H2,1-6H3,(H,34,35)/t15?,17-,18-,19-/m1/s1. The van der Waals surface area contributed by atoms with Crippen molar-refractivity contribution in [2.24, 2.45) is 0 Å². The van der Waals surface area contributed by atoms with Crippen LogP contribution < -0.4 is 10.2 Å². The van der Waals surface area contributed by atoms with Gasteiger partial charge in [-0.3, -0.25) is 4.79 Å². The highest BCUT2D eigenvalue weighted by Crippen LogP contribution is 2.39. The van der Waals surface area contributed by atoms with Gasteiger partial charge in [0.1, 0.15) is 6.10 Å². The van der Waals surface area contributed by atoms with Gasteiger partial charge in [0, 0.05) is 38.4 Å². The van der Waals surface area contributed by atoms with Crippen molar-refractivity contribution in [2.45, 2.75) is 89.1 Å². The topological polar surface area (TPSA) is 117 Å². The van der Waals surface area contributed by atoms with Gasteiger partial charge in [0.25, 0.3) is 5.91 Å². The van der Waals surface area contributed by atoms with Crippen LogP contribution in [0.1, 0.15) is 46.1 Å². The van der Waals surface area contributed by atoms with E-state index in [2.05, 4.69) is 49.1 Å². The average Bonchev–Trinajstić information content (AvgIpc) is 3.15. The third kappa shape index (κ3) is 7.14. The number of nitrogens with zero attached hydrogens (tertiary/aromatic N) is 4. The summed E-state index contributed by atoms with van der Waals surface area (Å²) in [6.07, 6.45) is -4.17. The minimum Gasteiger partial charge on any atom is -0.465 e. The predicted octanol–water partition coefficient (Wildman–Crippen LogP) is 3.74. The van der Waals surface area contributed by atoms with Crippen molar-refractivity contribution in [1.29, 1.82) is 0 Å². The molecule has 2 saturated heterocycles. The molecule has 0 radical (unpaired) electrons. The molecular weight excluding hydrogens is 523 g/mol. The number of likely N-dealkylation sites (tertiary alicyclic amines) is 1. The van der Waals surface area contributed by atoms with E-state index in [0.29, 0.717) is 32.5 Å². The molecule has 214 valence electrons. The van der Waals surface area contributed by atoms with Gasteiger partial charge < -0.3 is 29.4 Å². The van der Waals surface area contributed by atoms with Crippen LogP contribution in [0.25, 0.3) is 0 Å². The summed E-state index contributed by atoms with van der Waals surface area (Å²) in [6, 6.07) is -0.707. The molecule has 2 amide bonds. The Labute approximate surface area is 222 Å². The van der Waals surface area contributed by atoms with Gasteiger partial charge in [-0.25, -0.2) is 14.8 Å². The van der Waals surface area contributed by atoms with Crippen LogP contribution in [0.15, 0.2) is 12.4 Å². The number of carbonyl (C=O) groups excluding carboxylic acids is 1. The summed E-state index contributed by atoms with van der Waals surface area (Å²) in [4.78, 5) is 35.6. The second-order valence-electron chi connectivity index (χ2n) is 11.5. The molecule has 0 spiro atoms. The fourth-order valence-electron chi connectivity index (χ4n) is 4.42. The number of carboxylic acid groups (broad SMARTS) is 1. The maximum Gasteiger partial charge on any atom is 0.419 e. The number of hydrogen-bond acceptors (Lipinski definition) is 7. The molecule has 1 aromatic heterocycles. The summed E-state index contributed by atoms with van der Waals surface area (Å²) in [5.74, 6) is 0.0229. The van der Waals surface area contributed by atoms with Crippen molar-refractivity contribution in [2.75, 3.05) is 31.1 Å². The van der Waals surface area contributed by atoms with Crippen molar-refractivity contribution < 1.29 is 37.0 Å². The normalized spacial score (nSPS) is 24.0. The quantitative estimate of drug-likeness (QED) is 0.461. The summed E-state index contributed by atoms with van der Waals surface area (Å²) in [7, 11) is -2.28. The molecule has 10 nitrogen and oxygen atoms in total. The number of ether oxygens (including phenoxy) is 1. The van der Waals surface area contributed by atoms with Crippen LogP contribution in [-0.4, -0.2) is 90.8 Å². The number of anilines is 1. The largest absolute Gasteiger partial charge is 0.465 e. The summed E-state index contributed by atoms with van der Waals surface area (Å²) in [5.41, 5.74) is -0.910. The van der Waals surface area contributed by atoms with Gasteiger partial charge in [0.15, 0.2) is 8.32 Å². The molecule has 3 rings (SSSR count). The fourth-order valence-corrected chi connectivity index (χ4v) is 5.76. The smallest absolute Gasteiger partial charge is 0.419 e. The van der Waals surface area contributed by atoms with Gasteiger partial charge in [0.2, 0.25) is 5.95 Å². The van der Waals surface area contributed by atoms with Crippen molar-refractivity contribution in [3.8, 4) is 0 Å². The van der Waals surface area contributed by atoms with Gasteiger partial charge in [0.05, 0.1) is 30.4 Å². The van der Waals surface area contributed by atoms with Crippen LogP contribution in [-0.2, 0) is 20.1 Å². The molecule has 3 heterocycles. The van der Waals surface area contributed by atoms with Crippen LogP contribution in [0.4, 0.5) is 23.9 Å². The first kappa shape index (κ1) is 30.1. The van der Waals surface area contributed by atoms with Crippen molar-refractivity contribution >= 4 is 26.3 Å². The number of aromatic nitrogens is 2. The third-order valence-electron chi connectivity index (χ3n) is 7.53. The number of halogens is 3. The Morgan fingerprint density at radius 2 is 1.84 bits per heavy atom. The molecular formula is C24H38F3N5O5Si. The third-order valence-corrected chi connectivity index (χ3v) is 12.0. The lowest BCUT2D eigenvalue weighted by Gasteiger charge is -2.47. The summed E-state index contributed by atoms with van der Waals surface area (Å²) >= 11 is 0. The molecule has 14 heteroatoms. The first-order valence-electron chi connectivity index (χ1n) is 12.7. The number of rotatable bonds is 8. The molecule has 2 aliphatic heterocycles. The van der Waals surface area contributed by atoms with Crippen LogP contribution in [0.3, 0.4) is 0 Å². The van der Waals surface area contributed by atoms with Crippen LogP contribution in [0, 0.1) is 0 Å². The number of nitrogens with one attached hydrogen (secondary N) is 1. The maximum absolute atomic E-state index is 13.3.